The topological polar surface area (TPSA) is 69.6 Å². The van der Waals surface area contributed by atoms with Crippen LogP contribution in [-0.2, 0) is 10.2 Å². The summed E-state index contributed by atoms with van der Waals surface area (Å²) in [6.07, 6.45) is -0.974. The number of nitrogens with zero attached hydrogens (tertiary/aromatic N) is 1. The van der Waals surface area contributed by atoms with E-state index in [9.17, 15) is 13.5 Å². The molecule has 17 heavy (non-hydrogen) atoms. The predicted molar refractivity (Wildman–Crippen MR) is 67.0 cm³/mol. The minimum atomic E-state index is -3.53. The Morgan fingerprint density at radius 2 is 2.00 bits per heavy atom. The molecule has 5 nitrogen and oxygen atoms in total. The van der Waals surface area contributed by atoms with Crippen LogP contribution in [0.2, 0.25) is 5.02 Å². The van der Waals surface area contributed by atoms with E-state index in [4.69, 9.17) is 11.6 Å². The molecule has 0 amide bonds. The lowest BCUT2D eigenvalue weighted by atomic mass is 10.1. The number of hydrogen-bond donors (Lipinski definition) is 2. The zero-order valence-electron chi connectivity index (χ0n) is 9.59. The first-order valence-electron chi connectivity index (χ1n) is 4.94. The maximum absolute atomic E-state index is 11.4. The Bertz CT molecular complexity index is 476. The Balaban J connectivity index is 2.69. The van der Waals surface area contributed by atoms with Crippen LogP contribution >= 0.6 is 11.6 Å². The van der Waals surface area contributed by atoms with Crippen molar-refractivity contribution >= 4 is 21.8 Å². The molecule has 0 spiro atoms. The van der Waals surface area contributed by atoms with Crippen molar-refractivity contribution in [2.24, 2.45) is 0 Å². The number of rotatable bonds is 5. The highest BCUT2D eigenvalue weighted by Gasteiger charge is 2.17. The molecule has 0 aliphatic heterocycles. The summed E-state index contributed by atoms with van der Waals surface area (Å²) in [5, 5.41) is 10.2. The van der Waals surface area contributed by atoms with E-state index in [1.54, 1.807) is 24.3 Å². The molecule has 0 aliphatic rings. The zero-order valence-corrected chi connectivity index (χ0v) is 11.2. The van der Waals surface area contributed by atoms with Gasteiger partial charge in [-0.1, -0.05) is 29.8 Å². The van der Waals surface area contributed by atoms with Crippen LogP contribution in [-0.4, -0.2) is 38.5 Å². The molecule has 1 atom stereocenters. The molecule has 0 saturated heterocycles. The molecule has 1 unspecified atom stereocenters. The maximum atomic E-state index is 11.4. The van der Waals surface area contributed by atoms with Crippen LogP contribution in [0.5, 0.6) is 0 Å². The molecule has 0 fully saturated rings. The summed E-state index contributed by atoms with van der Waals surface area (Å²) >= 11 is 5.88. The molecular weight excluding hydrogens is 264 g/mol. The first kappa shape index (κ1) is 14.4. The summed E-state index contributed by atoms with van der Waals surface area (Å²) in [6, 6.07) is 6.75. The average Bonchev–Trinajstić information content (AvgIpc) is 2.26. The van der Waals surface area contributed by atoms with Gasteiger partial charge in [0.15, 0.2) is 0 Å². The lowest BCUT2D eigenvalue weighted by molar-refractivity contribution is 0.181. The highest BCUT2D eigenvalue weighted by molar-refractivity contribution is 7.87. The second-order valence-corrected chi connectivity index (χ2v) is 6.05. The molecule has 0 radical (unpaired) electrons. The highest BCUT2D eigenvalue weighted by Crippen LogP contribution is 2.21. The van der Waals surface area contributed by atoms with Gasteiger partial charge < -0.3 is 5.11 Å². The molecule has 0 aliphatic carbocycles. The number of aliphatic hydroxyl groups is 1. The fourth-order valence-electron chi connectivity index (χ4n) is 1.17. The molecule has 0 heterocycles. The Morgan fingerprint density at radius 3 is 2.53 bits per heavy atom. The molecule has 96 valence electrons. The first-order valence-corrected chi connectivity index (χ1v) is 6.76. The van der Waals surface area contributed by atoms with Crippen LogP contribution in [0.15, 0.2) is 24.3 Å². The largest absolute Gasteiger partial charge is 0.387 e. The molecule has 2 N–H and O–H groups in total. The van der Waals surface area contributed by atoms with Crippen molar-refractivity contribution in [2.75, 3.05) is 20.6 Å². The van der Waals surface area contributed by atoms with Crippen LogP contribution in [0.1, 0.15) is 11.7 Å². The molecule has 1 aromatic carbocycles. The summed E-state index contributed by atoms with van der Waals surface area (Å²) in [6.45, 7) is -0.121. The summed E-state index contributed by atoms with van der Waals surface area (Å²) < 4.78 is 26.2. The Morgan fingerprint density at radius 1 is 1.41 bits per heavy atom. The average molecular weight is 279 g/mol. The lowest BCUT2D eigenvalue weighted by Gasteiger charge is -2.16. The van der Waals surface area contributed by atoms with Gasteiger partial charge >= 0.3 is 0 Å². The summed E-state index contributed by atoms with van der Waals surface area (Å²) in [5.41, 5.74) is 0.496. The summed E-state index contributed by atoms with van der Waals surface area (Å²) in [4.78, 5) is 0. The molecule has 0 saturated carbocycles. The van der Waals surface area contributed by atoms with Crippen molar-refractivity contribution in [3.05, 3.63) is 34.9 Å². The van der Waals surface area contributed by atoms with Crippen molar-refractivity contribution in [3.8, 4) is 0 Å². The Kier molecular flexibility index (Phi) is 4.91. The Hall–Kier alpha value is -0.660. The highest BCUT2D eigenvalue weighted by atomic mass is 35.5. The second kappa shape index (κ2) is 5.79. The third-order valence-electron chi connectivity index (χ3n) is 2.20. The molecule has 0 aromatic heterocycles. The van der Waals surface area contributed by atoms with E-state index < -0.39 is 16.3 Å². The van der Waals surface area contributed by atoms with Gasteiger partial charge in [-0.05, 0) is 6.07 Å². The van der Waals surface area contributed by atoms with Crippen LogP contribution in [0.3, 0.4) is 0 Å². The van der Waals surface area contributed by atoms with Gasteiger partial charge in [-0.3, -0.25) is 0 Å². The number of halogens is 1. The SMILES string of the molecule is CN(C)S(=O)(=O)NCC(O)c1ccccc1Cl. The second-order valence-electron chi connectivity index (χ2n) is 3.67. The van der Waals surface area contributed by atoms with Crippen LogP contribution in [0.4, 0.5) is 0 Å². The van der Waals surface area contributed by atoms with Gasteiger partial charge in [-0.25, -0.2) is 0 Å². The summed E-state index contributed by atoms with van der Waals surface area (Å²) in [5.74, 6) is 0. The lowest BCUT2D eigenvalue weighted by Crippen LogP contribution is -2.37. The molecule has 0 bridgehead atoms. The van der Waals surface area contributed by atoms with Gasteiger partial charge in [0, 0.05) is 31.2 Å². The van der Waals surface area contributed by atoms with E-state index in [0.717, 1.165) is 4.31 Å². The van der Waals surface area contributed by atoms with E-state index in [1.807, 2.05) is 0 Å². The van der Waals surface area contributed by atoms with Crippen LogP contribution in [0, 0.1) is 0 Å². The zero-order chi connectivity index (χ0) is 13.1. The van der Waals surface area contributed by atoms with Gasteiger partial charge in [-0.2, -0.15) is 17.4 Å². The third kappa shape index (κ3) is 3.93. The normalized spacial score (nSPS) is 13.9. The van der Waals surface area contributed by atoms with Crippen LogP contribution in [0.25, 0.3) is 0 Å². The summed E-state index contributed by atoms with van der Waals surface area (Å²) in [7, 11) is -0.720. The van der Waals surface area contributed by atoms with Crippen molar-refractivity contribution < 1.29 is 13.5 Å². The molecule has 1 aromatic rings. The number of hydrogen-bond acceptors (Lipinski definition) is 3. The van der Waals surface area contributed by atoms with Gasteiger partial charge in [0.25, 0.3) is 10.2 Å². The minimum Gasteiger partial charge on any atom is -0.387 e. The van der Waals surface area contributed by atoms with E-state index in [0.29, 0.717) is 10.6 Å². The third-order valence-corrected chi connectivity index (χ3v) is 4.04. The fraction of sp³-hybridized carbons (Fsp3) is 0.400. The van der Waals surface area contributed by atoms with Gasteiger partial charge in [-0.15, -0.1) is 0 Å². The van der Waals surface area contributed by atoms with Crippen molar-refractivity contribution in [1.82, 2.24) is 9.03 Å². The van der Waals surface area contributed by atoms with Gasteiger partial charge in [0.2, 0.25) is 0 Å². The first-order chi connectivity index (χ1) is 7.84. The van der Waals surface area contributed by atoms with E-state index in [-0.39, 0.29) is 6.54 Å². The Labute approximate surface area is 106 Å². The molecular formula is C10H15ClN2O3S. The van der Waals surface area contributed by atoms with Crippen molar-refractivity contribution in [2.45, 2.75) is 6.10 Å². The van der Waals surface area contributed by atoms with Gasteiger partial charge in [0.05, 0.1) is 6.10 Å². The smallest absolute Gasteiger partial charge is 0.279 e. The fourth-order valence-corrected chi connectivity index (χ4v) is 2.06. The van der Waals surface area contributed by atoms with Crippen molar-refractivity contribution in [3.63, 3.8) is 0 Å². The quantitative estimate of drug-likeness (QED) is 0.836. The number of benzene rings is 1. The molecule has 1 rings (SSSR count). The van der Waals surface area contributed by atoms with Crippen molar-refractivity contribution in [1.29, 1.82) is 0 Å². The van der Waals surface area contributed by atoms with Crippen LogP contribution < -0.4 is 4.72 Å². The predicted octanol–water partition coefficient (Wildman–Crippen LogP) is 0.769. The van der Waals surface area contributed by atoms with E-state index in [1.165, 1.54) is 14.1 Å². The monoisotopic (exact) mass is 278 g/mol. The van der Waals surface area contributed by atoms with E-state index >= 15 is 0 Å². The molecule has 7 heteroatoms. The van der Waals surface area contributed by atoms with Gasteiger partial charge in [0.1, 0.15) is 0 Å². The maximum Gasteiger partial charge on any atom is 0.279 e. The van der Waals surface area contributed by atoms with E-state index in [2.05, 4.69) is 4.72 Å². The standard InChI is InChI=1S/C10H15ClN2O3S/c1-13(2)17(15,16)12-7-10(14)8-5-3-4-6-9(8)11/h3-6,10,12,14H,7H2,1-2H3. The number of nitrogens with one attached hydrogen (secondary N) is 1. The number of aliphatic hydroxyl groups excluding tert-OH is 1. The minimum absolute atomic E-state index is 0.121.